The maximum absolute atomic E-state index is 5.76. The largest absolute Gasteiger partial charge is 0.491 e. The molecule has 0 aliphatic heterocycles. The Labute approximate surface area is 120 Å². The average Bonchev–Trinajstić information content (AvgIpc) is 3.22. The van der Waals surface area contributed by atoms with E-state index in [4.69, 9.17) is 4.74 Å². The Bertz CT molecular complexity index is 615. The van der Waals surface area contributed by atoms with Crippen molar-refractivity contribution in [3.63, 3.8) is 0 Å². The van der Waals surface area contributed by atoms with E-state index in [1.54, 1.807) is 0 Å². The fourth-order valence-corrected chi connectivity index (χ4v) is 2.61. The standard InChI is InChI=1S/C18H21NO/c1-12(2)20-15-8-9-16(13(3)11-15)17-5-4-10-19-18(17)14-6-7-14/h4-5,8-12,14H,6-7H2,1-3H3. The van der Waals surface area contributed by atoms with Crippen LogP contribution in [0, 0.1) is 6.92 Å². The molecule has 0 radical (unpaired) electrons. The van der Waals surface area contributed by atoms with Crippen LogP contribution in [0.1, 0.15) is 43.9 Å². The summed E-state index contributed by atoms with van der Waals surface area (Å²) >= 11 is 0. The zero-order valence-corrected chi connectivity index (χ0v) is 12.4. The van der Waals surface area contributed by atoms with Crippen LogP contribution in [0.25, 0.3) is 11.1 Å². The van der Waals surface area contributed by atoms with Crippen molar-refractivity contribution in [1.29, 1.82) is 0 Å². The molecule has 20 heavy (non-hydrogen) atoms. The van der Waals surface area contributed by atoms with Crippen molar-refractivity contribution in [3.05, 3.63) is 47.8 Å². The van der Waals surface area contributed by atoms with Gasteiger partial charge in [0.05, 0.1) is 11.8 Å². The lowest BCUT2D eigenvalue weighted by Gasteiger charge is -2.14. The first-order valence-electron chi connectivity index (χ1n) is 7.37. The molecule has 1 aliphatic carbocycles. The normalized spacial score (nSPS) is 14.6. The van der Waals surface area contributed by atoms with Gasteiger partial charge < -0.3 is 4.74 Å². The molecule has 1 aromatic carbocycles. The van der Waals surface area contributed by atoms with Gasteiger partial charge in [0.25, 0.3) is 0 Å². The summed E-state index contributed by atoms with van der Waals surface area (Å²) in [6, 6.07) is 10.6. The molecule has 1 aliphatic rings. The van der Waals surface area contributed by atoms with Gasteiger partial charge in [-0.05, 0) is 62.9 Å². The lowest BCUT2D eigenvalue weighted by atomic mass is 9.97. The number of aryl methyl sites for hydroxylation is 1. The lowest BCUT2D eigenvalue weighted by Crippen LogP contribution is -2.05. The van der Waals surface area contributed by atoms with Gasteiger partial charge in [-0.3, -0.25) is 4.98 Å². The van der Waals surface area contributed by atoms with Gasteiger partial charge in [0.1, 0.15) is 5.75 Å². The van der Waals surface area contributed by atoms with Gasteiger partial charge in [-0.2, -0.15) is 0 Å². The summed E-state index contributed by atoms with van der Waals surface area (Å²) in [7, 11) is 0. The number of nitrogens with zero attached hydrogens (tertiary/aromatic N) is 1. The summed E-state index contributed by atoms with van der Waals surface area (Å²) < 4.78 is 5.76. The number of pyridine rings is 1. The molecule has 1 heterocycles. The number of benzene rings is 1. The van der Waals surface area contributed by atoms with Gasteiger partial charge in [-0.15, -0.1) is 0 Å². The molecule has 0 saturated heterocycles. The van der Waals surface area contributed by atoms with E-state index in [1.807, 2.05) is 12.3 Å². The van der Waals surface area contributed by atoms with E-state index in [1.165, 1.54) is 35.2 Å². The second-order valence-electron chi connectivity index (χ2n) is 5.85. The van der Waals surface area contributed by atoms with E-state index in [-0.39, 0.29) is 6.10 Å². The van der Waals surface area contributed by atoms with E-state index >= 15 is 0 Å². The average molecular weight is 267 g/mol. The van der Waals surface area contributed by atoms with E-state index < -0.39 is 0 Å². The van der Waals surface area contributed by atoms with E-state index in [9.17, 15) is 0 Å². The number of rotatable bonds is 4. The fraction of sp³-hybridized carbons (Fsp3) is 0.389. The molecule has 2 nitrogen and oxygen atoms in total. The molecule has 2 aromatic rings. The highest BCUT2D eigenvalue weighted by Gasteiger charge is 2.27. The molecule has 1 fully saturated rings. The first-order chi connectivity index (χ1) is 9.65. The molecular formula is C18H21NO. The summed E-state index contributed by atoms with van der Waals surface area (Å²) in [5, 5.41) is 0. The van der Waals surface area contributed by atoms with Crippen LogP contribution in [0.5, 0.6) is 5.75 Å². The Morgan fingerprint density at radius 3 is 2.60 bits per heavy atom. The molecule has 0 atom stereocenters. The van der Waals surface area contributed by atoms with E-state index in [0.717, 1.165) is 5.75 Å². The molecule has 1 saturated carbocycles. The third-order valence-corrected chi connectivity index (χ3v) is 3.66. The molecule has 1 aromatic heterocycles. The predicted octanol–water partition coefficient (Wildman–Crippen LogP) is 4.72. The monoisotopic (exact) mass is 267 g/mol. The van der Waals surface area contributed by atoms with Crippen LogP contribution in [-0.4, -0.2) is 11.1 Å². The van der Waals surface area contributed by atoms with Crippen molar-refractivity contribution in [1.82, 2.24) is 4.98 Å². The molecule has 0 spiro atoms. The van der Waals surface area contributed by atoms with Gasteiger partial charge in [0.2, 0.25) is 0 Å². The summed E-state index contributed by atoms with van der Waals surface area (Å²) in [5.74, 6) is 1.61. The Morgan fingerprint density at radius 1 is 1.15 bits per heavy atom. The van der Waals surface area contributed by atoms with Gasteiger partial charge in [-0.1, -0.05) is 12.1 Å². The van der Waals surface area contributed by atoms with Crippen molar-refractivity contribution >= 4 is 0 Å². The van der Waals surface area contributed by atoms with Crippen LogP contribution in [0.3, 0.4) is 0 Å². The maximum atomic E-state index is 5.76. The highest BCUT2D eigenvalue weighted by molar-refractivity contribution is 5.71. The van der Waals surface area contributed by atoms with Crippen LogP contribution in [0.2, 0.25) is 0 Å². The SMILES string of the molecule is Cc1cc(OC(C)C)ccc1-c1cccnc1C1CC1. The second-order valence-corrected chi connectivity index (χ2v) is 5.85. The zero-order valence-electron chi connectivity index (χ0n) is 12.4. The summed E-state index contributed by atoms with van der Waals surface area (Å²) in [6.45, 7) is 6.25. The molecular weight excluding hydrogens is 246 g/mol. The zero-order chi connectivity index (χ0) is 14.1. The fourth-order valence-electron chi connectivity index (χ4n) is 2.61. The molecule has 0 unspecified atom stereocenters. The number of aromatic nitrogens is 1. The summed E-state index contributed by atoms with van der Waals surface area (Å²) in [5.41, 5.74) is 5.06. The lowest BCUT2D eigenvalue weighted by molar-refractivity contribution is 0.242. The quantitative estimate of drug-likeness (QED) is 0.799. The smallest absolute Gasteiger partial charge is 0.119 e. The van der Waals surface area contributed by atoms with Crippen LogP contribution < -0.4 is 4.74 Å². The highest BCUT2D eigenvalue weighted by atomic mass is 16.5. The third-order valence-electron chi connectivity index (χ3n) is 3.66. The minimum Gasteiger partial charge on any atom is -0.491 e. The van der Waals surface area contributed by atoms with E-state index in [0.29, 0.717) is 5.92 Å². The minimum atomic E-state index is 0.209. The first kappa shape index (κ1) is 13.2. The summed E-state index contributed by atoms with van der Waals surface area (Å²) in [6.07, 6.45) is 4.67. The summed E-state index contributed by atoms with van der Waals surface area (Å²) in [4.78, 5) is 4.60. The third kappa shape index (κ3) is 2.69. The van der Waals surface area contributed by atoms with Crippen molar-refractivity contribution < 1.29 is 4.74 Å². The Hall–Kier alpha value is -1.83. The van der Waals surface area contributed by atoms with Gasteiger partial charge in [-0.25, -0.2) is 0 Å². The molecule has 104 valence electrons. The van der Waals surface area contributed by atoms with Crippen LogP contribution in [0.15, 0.2) is 36.5 Å². The molecule has 2 heteroatoms. The topological polar surface area (TPSA) is 22.1 Å². The highest BCUT2D eigenvalue weighted by Crippen LogP contribution is 2.43. The minimum absolute atomic E-state index is 0.209. The Morgan fingerprint density at radius 2 is 1.95 bits per heavy atom. The Balaban J connectivity index is 1.98. The van der Waals surface area contributed by atoms with Gasteiger partial charge in [0.15, 0.2) is 0 Å². The first-order valence-corrected chi connectivity index (χ1v) is 7.37. The van der Waals surface area contributed by atoms with Crippen molar-refractivity contribution in [2.75, 3.05) is 0 Å². The van der Waals surface area contributed by atoms with Gasteiger partial charge in [0, 0.05) is 17.7 Å². The maximum Gasteiger partial charge on any atom is 0.119 e. The number of ether oxygens (including phenoxy) is 1. The van der Waals surface area contributed by atoms with Crippen LogP contribution >= 0.6 is 0 Å². The predicted molar refractivity (Wildman–Crippen MR) is 82.1 cm³/mol. The Kier molecular flexibility index (Phi) is 3.47. The molecule has 0 amide bonds. The number of hydrogen-bond donors (Lipinski definition) is 0. The molecule has 0 bridgehead atoms. The van der Waals surface area contributed by atoms with Crippen molar-refractivity contribution in [2.24, 2.45) is 0 Å². The van der Waals surface area contributed by atoms with Crippen LogP contribution in [-0.2, 0) is 0 Å². The van der Waals surface area contributed by atoms with Gasteiger partial charge >= 0.3 is 0 Å². The van der Waals surface area contributed by atoms with E-state index in [2.05, 4.69) is 50.0 Å². The number of hydrogen-bond acceptors (Lipinski definition) is 2. The van der Waals surface area contributed by atoms with Crippen molar-refractivity contribution in [3.8, 4) is 16.9 Å². The van der Waals surface area contributed by atoms with Crippen molar-refractivity contribution in [2.45, 2.75) is 45.6 Å². The molecule has 3 rings (SSSR count). The molecule has 0 N–H and O–H groups in total. The second kappa shape index (κ2) is 5.28. The van der Waals surface area contributed by atoms with Crippen LogP contribution in [0.4, 0.5) is 0 Å².